The van der Waals surface area contributed by atoms with Gasteiger partial charge in [-0.15, -0.1) is 0 Å². The Morgan fingerprint density at radius 1 is 1.00 bits per heavy atom. The van der Waals surface area contributed by atoms with Gasteiger partial charge in [0, 0.05) is 48.8 Å². The summed E-state index contributed by atoms with van der Waals surface area (Å²) in [5.41, 5.74) is -3.50. The number of fused-ring (bicyclic) bond motifs is 8. The van der Waals surface area contributed by atoms with Crippen LogP contribution in [0.4, 0.5) is 0 Å². The molecule has 17 heteroatoms. The van der Waals surface area contributed by atoms with Gasteiger partial charge in [0.1, 0.15) is 41.2 Å². The molecule has 0 radical (unpaired) electrons. The molecule has 2 bridgehead atoms. The van der Waals surface area contributed by atoms with E-state index in [1.54, 1.807) is 19.9 Å². The normalized spacial score (nSPS) is 46.1. The lowest BCUT2D eigenvalue weighted by atomic mass is 9.76. The van der Waals surface area contributed by atoms with E-state index >= 15 is 0 Å². The number of Topliss-reactive ketones (excluding diaryl/α,β-unsaturated/α-hetero) is 1. The number of hydrogen-bond acceptors (Lipinski definition) is 17. The highest BCUT2D eigenvalue weighted by molar-refractivity contribution is 6.13. The highest BCUT2D eigenvalue weighted by Crippen LogP contribution is 2.72. The summed E-state index contributed by atoms with van der Waals surface area (Å²) in [6.07, 6.45) is -12.0. The number of aryl methyl sites for hydroxylation is 1. The largest absolute Gasteiger partial charge is 0.506 e. The molecule has 9 rings (SSSR count). The number of aromatic hydroxyl groups is 1. The zero-order chi connectivity index (χ0) is 41.8. The van der Waals surface area contributed by atoms with Crippen LogP contribution in [0.1, 0.15) is 100 Å². The quantitative estimate of drug-likeness (QED) is 0.209. The third-order valence-corrected chi connectivity index (χ3v) is 14.4. The molecular weight excluding hydrogens is 764 g/mol. The van der Waals surface area contributed by atoms with Gasteiger partial charge in [-0.3, -0.25) is 4.79 Å². The summed E-state index contributed by atoms with van der Waals surface area (Å²) < 4.78 is 64.3. The molecule has 1 spiro atoms. The predicted octanol–water partition coefficient (Wildman–Crippen LogP) is 2.07. The van der Waals surface area contributed by atoms with Crippen LogP contribution in [0, 0.1) is 12.8 Å². The summed E-state index contributed by atoms with van der Waals surface area (Å²) in [6, 6.07) is 1.78. The van der Waals surface area contributed by atoms with Gasteiger partial charge >= 0.3 is 0 Å². The van der Waals surface area contributed by atoms with Gasteiger partial charge in [-0.1, -0.05) is 6.92 Å². The number of aliphatic hydroxyl groups is 5. The first kappa shape index (κ1) is 40.6. The summed E-state index contributed by atoms with van der Waals surface area (Å²) >= 11 is 0. The summed E-state index contributed by atoms with van der Waals surface area (Å²) in [5, 5.41) is 68.1. The molecule has 1 aliphatic carbocycles. The number of rotatable bonds is 8. The maximum atomic E-state index is 14.0. The van der Waals surface area contributed by atoms with Gasteiger partial charge in [0.2, 0.25) is 11.4 Å². The Balaban J connectivity index is 1.20. The smallest absolute Gasteiger partial charge is 0.279 e. The van der Waals surface area contributed by atoms with E-state index in [4.69, 9.17) is 47.4 Å². The van der Waals surface area contributed by atoms with Crippen LogP contribution in [0.5, 0.6) is 17.2 Å². The number of ketones is 1. The Kier molecular flexibility index (Phi) is 9.20. The first-order chi connectivity index (χ1) is 27.2. The van der Waals surface area contributed by atoms with E-state index in [1.165, 1.54) is 28.1 Å². The number of ether oxygens (including phenoxy) is 10. The second-order valence-electron chi connectivity index (χ2n) is 17.5. The van der Waals surface area contributed by atoms with Crippen molar-refractivity contribution in [2.45, 2.75) is 164 Å². The molecular formula is C41H54O17. The molecule has 7 aliphatic rings. The molecule has 0 saturated carbocycles. The lowest BCUT2D eigenvalue weighted by molar-refractivity contribution is -0.382. The van der Waals surface area contributed by atoms with E-state index < -0.39 is 101 Å². The van der Waals surface area contributed by atoms with E-state index in [0.717, 1.165) is 0 Å². The third kappa shape index (κ3) is 5.07. The lowest BCUT2D eigenvalue weighted by Gasteiger charge is -2.52. The van der Waals surface area contributed by atoms with E-state index in [1.807, 2.05) is 20.8 Å². The van der Waals surface area contributed by atoms with Crippen LogP contribution in [0.25, 0.3) is 10.8 Å². The highest BCUT2D eigenvalue weighted by Gasteiger charge is 2.93. The molecule has 17 atom stereocenters. The van der Waals surface area contributed by atoms with Crippen LogP contribution < -0.4 is 9.47 Å². The summed E-state index contributed by atoms with van der Waals surface area (Å²) in [7, 11) is 2.93. The SMILES string of the molecule is COc1c2c(c(O)c3c4c(c(C)cc13)C1OC3([C@H](C)OC)OC1[C@@](OC1CC(O)C(O)([C@@H](C)O)C(C)O1)(O4)[C@@]31CO1)C(=O)[C@@H](O)C[C@@H]2OC1CC(C)(O)C(C)C(C)O1. The molecule has 2 aromatic rings. The first-order valence-electron chi connectivity index (χ1n) is 20.0. The van der Waals surface area contributed by atoms with Crippen molar-refractivity contribution in [3.8, 4) is 17.2 Å². The van der Waals surface area contributed by atoms with Crippen molar-refractivity contribution < 1.29 is 82.8 Å². The number of hydrogen-bond donors (Lipinski definition) is 6. The molecule has 2 aromatic carbocycles. The average Bonchev–Trinajstić information content (AvgIpc) is 3.82. The number of phenolic OH excluding ortho intramolecular Hbond substituents is 1. The lowest BCUT2D eigenvalue weighted by Crippen LogP contribution is -2.72. The Hall–Kier alpha value is -2.75. The maximum Gasteiger partial charge on any atom is 0.279 e. The maximum absolute atomic E-state index is 14.0. The number of phenols is 1. The van der Waals surface area contributed by atoms with E-state index in [-0.39, 0.29) is 65.9 Å². The van der Waals surface area contributed by atoms with Gasteiger partial charge in [0.25, 0.3) is 5.79 Å². The van der Waals surface area contributed by atoms with Gasteiger partial charge in [-0.25, -0.2) is 0 Å². The van der Waals surface area contributed by atoms with Crippen molar-refractivity contribution in [2.24, 2.45) is 5.92 Å². The molecule has 5 fully saturated rings. The summed E-state index contributed by atoms with van der Waals surface area (Å²) in [6.45, 7) is 11.9. The van der Waals surface area contributed by atoms with E-state index in [0.29, 0.717) is 16.5 Å². The van der Waals surface area contributed by atoms with Gasteiger partial charge in [-0.05, 0) is 53.2 Å². The standard InChI is InChI=1S/C41H54O17/c1-15-10-21-28(32(46)30-29(33(21)50-9)23(11-22(43)31(30)45)54-26-13-37(7,47)16(2)17(3)52-26)34-27(15)35-36-41(56-34,38(14-51-38)40(57-35,58-36)20(6)49-8)55-25-12-24(44)39(48,18(4)42)19(5)53-25/h10,16-20,22-26,35-36,42-44,46-48H,11-14H2,1-9H3/t16?,17?,18-,19?,20+,22+,23+,24?,25?,26?,35?,36?,37?,38-,39?,40?,41-/m1/s1. The predicted molar refractivity (Wildman–Crippen MR) is 197 cm³/mol. The van der Waals surface area contributed by atoms with Crippen LogP contribution in [-0.4, -0.2) is 141 Å². The third-order valence-electron chi connectivity index (χ3n) is 14.4. The zero-order valence-corrected chi connectivity index (χ0v) is 34.0. The van der Waals surface area contributed by atoms with E-state index in [2.05, 4.69) is 0 Å². The van der Waals surface area contributed by atoms with Gasteiger partial charge in [0.05, 0.1) is 60.8 Å². The fourth-order valence-electron chi connectivity index (χ4n) is 10.6. The number of epoxide rings is 1. The molecule has 6 aliphatic heterocycles. The molecule has 320 valence electrons. The molecule has 6 N–H and O–H groups in total. The monoisotopic (exact) mass is 818 g/mol. The Morgan fingerprint density at radius 3 is 2.31 bits per heavy atom. The minimum absolute atomic E-state index is 0.0212. The minimum atomic E-state index is -2.00. The number of aliphatic hydroxyl groups excluding tert-OH is 3. The topological polar surface area (TPSA) is 234 Å². The van der Waals surface area contributed by atoms with Crippen LogP contribution in [0.2, 0.25) is 0 Å². The number of carbonyl (C=O) groups excluding carboxylic acids is 1. The second kappa shape index (κ2) is 13.1. The van der Waals surface area contributed by atoms with Crippen LogP contribution in [-0.2, 0) is 37.9 Å². The Morgan fingerprint density at radius 2 is 1.71 bits per heavy atom. The number of benzene rings is 2. The van der Waals surface area contributed by atoms with Crippen LogP contribution in [0.3, 0.4) is 0 Å². The minimum Gasteiger partial charge on any atom is -0.506 e. The fourth-order valence-corrected chi connectivity index (χ4v) is 10.6. The summed E-state index contributed by atoms with van der Waals surface area (Å²) in [5.74, 6) is -4.66. The Bertz CT molecular complexity index is 2020. The van der Waals surface area contributed by atoms with Crippen molar-refractivity contribution in [1.29, 1.82) is 0 Å². The molecule has 6 heterocycles. The summed E-state index contributed by atoms with van der Waals surface area (Å²) in [4.78, 5) is 14.0. The molecule has 11 unspecified atom stereocenters. The number of carbonyl (C=O) groups is 1. The fraction of sp³-hybridized carbons (Fsp3) is 0.732. The van der Waals surface area contributed by atoms with Crippen molar-refractivity contribution >= 4 is 16.6 Å². The van der Waals surface area contributed by atoms with Crippen LogP contribution >= 0.6 is 0 Å². The number of methoxy groups -OCH3 is 2. The zero-order valence-electron chi connectivity index (χ0n) is 34.0. The highest BCUT2D eigenvalue weighted by atomic mass is 16.9. The van der Waals surface area contributed by atoms with Crippen molar-refractivity contribution in [1.82, 2.24) is 0 Å². The Labute approximate surface area is 334 Å². The van der Waals surface area contributed by atoms with Gasteiger partial charge in [-0.2, -0.15) is 0 Å². The van der Waals surface area contributed by atoms with Crippen molar-refractivity contribution in [3.05, 3.63) is 28.3 Å². The van der Waals surface area contributed by atoms with Crippen LogP contribution in [0.15, 0.2) is 6.07 Å². The first-order valence-corrected chi connectivity index (χ1v) is 20.0. The molecule has 0 aromatic heterocycles. The van der Waals surface area contributed by atoms with Crippen molar-refractivity contribution in [2.75, 3.05) is 20.8 Å². The second-order valence-corrected chi connectivity index (χ2v) is 17.5. The molecule has 5 saturated heterocycles. The molecule has 0 amide bonds. The molecule has 17 nitrogen and oxygen atoms in total. The van der Waals surface area contributed by atoms with E-state index in [9.17, 15) is 35.4 Å². The van der Waals surface area contributed by atoms with Gasteiger partial charge < -0.3 is 78.0 Å². The van der Waals surface area contributed by atoms with Crippen molar-refractivity contribution in [3.63, 3.8) is 0 Å². The average molecular weight is 819 g/mol. The van der Waals surface area contributed by atoms with Gasteiger partial charge in [0.15, 0.2) is 24.5 Å². The molecule has 58 heavy (non-hydrogen) atoms.